The van der Waals surface area contributed by atoms with Gasteiger partial charge < -0.3 is 4.74 Å². The van der Waals surface area contributed by atoms with E-state index >= 15 is 0 Å². The molecule has 0 aliphatic carbocycles. The Kier molecular flexibility index (Phi) is 4.16. The molecule has 0 radical (unpaired) electrons. The monoisotopic (exact) mass is 285 g/mol. The van der Waals surface area contributed by atoms with Gasteiger partial charge in [-0.3, -0.25) is 10.1 Å². The van der Waals surface area contributed by atoms with Crippen LogP contribution in [0.15, 0.2) is 29.2 Å². The summed E-state index contributed by atoms with van der Waals surface area (Å²) in [4.78, 5) is 10.0. The SMILES string of the molecule is O=[N+]([O-])c1ccccc1S(=O)(=O)CC1CCCOC1. The molecule has 6 nitrogen and oxygen atoms in total. The highest BCUT2D eigenvalue weighted by Gasteiger charge is 2.29. The molecular weight excluding hydrogens is 270 g/mol. The van der Waals surface area contributed by atoms with Crippen LogP contribution in [0.3, 0.4) is 0 Å². The number of benzene rings is 1. The molecule has 1 unspecified atom stereocenters. The number of para-hydroxylation sites is 1. The number of rotatable bonds is 4. The molecule has 2 rings (SSSR count). The van der Waals surface area contributed by atoms with Crippen LogP contribution in [0.2, 0.25) is 0 Å². The summed E-state index contributed by atoms with van der Waals surface area (Å²) in [5.41, 5.74) is -0.362. The van der Waals surface area contributed by atoms with Gasteiger partial charge in [0.05, 0.1) is 17.3 Å². The highest BCUT2D eigenvalue weighted by atomic mass is 32.2. The lowest BCUT2D eigenvalue weighted by molar-refractivity contribution is -0.387. The van der Waals surface area contributed by atoms with E-state index in [0.717, 1.165) is 12.8 Å². The summed E-state index contributed by atoms with van der Waals surface area (Å²) in [6, 6.07) is 5.46. The van der Waals surface area contributed by atoms with Gasteiger partial charge in [-0.1, -0.05) is 12.1 Å². The maximum atomic E-state index is 12.3. The van der Waals surface area contributed by atoms with Gasteiger partial charge in [0.15, 0.2) is 9.84 Å². The molecule has 1 atom stereocenters. The van der Waals surface area contributed by atoms with Crippen LogP contribution in [0.25, 0.3) is 0 Å². The minimum absolute atomic E-state index is 0.0847. The van der Waals surface area contributed by atoms with Gasteiger partial charge in [-0.05, 0) is 24.8 Å². The van der Waals surface area contributed by atoms with Gasteiger partial charge in [-0.2, -0.15) is 0 Å². The molecule has 1 aromatic carbocycles. The molecule has 1 heterocycles. The van der Waals surface area contributed by atoms with E-state index in [1.165, 1.54) is 24.3 Å². The van der Waals surface area contributed by atoms with E-state index in [9.17, 15) is 18.5 Å². The number of nitrogens with zero attached hydrogens (tertiary/aromatic N) is 1. The Balaban J connectivity index is 2.26. The fourth-order valence-electron chi connectivity index (χ4n) is 2.21. The standard InChI is InChI=1S/C12H15NO5S/c14-13(15)11-5-1-2-6-12(11)19(16,17)9-10-4-3-7-18-8-10/h1-2,5-6,10H,3-4,7-9H2. The minimum Gasteiger partial charge on any atom is -0.381 e. The quantitative estimate of drug-likeness (QED) is 0.622. The molecule has 7 heteroatoms. The Morgan fingerprint density at radius 1 is 1.37 bits per heavy atom. The van der Waals surface area contributed by atoms with Crippen molar-refractivity contribution in [1.29, 1.82) is 0 Å². The second kappa shape index (κ2) is 5.66. The van der Waals surface area contributed by atoms with E-state index in [-0.39, 0.29) is 22.3 Å². The molecule has 0 bridgehead atoms. The molecular formula is C12H15NO5S. The number of hydrogen-bond acceptors (Lipinski definition) is 5. The zero-order valence-electron chi connectivity index (χ0n) is 10.3. The Morgan fingerprint density at radius 3 is 2.74 bits per heavy atom. The molecule has 1 aromatic rings. The summed E-state index contributed by atoms with van der Waals surface area (Å²) in [6.45, 7) is 1.06. The van der Waals surface area contributed by atoms with Crippen molar-refractivity contribution >= 4 is 15.5 Å². The molecule has 0 aromatic heterocycles. The molecule has 1 aliphatic rings. The number of sulfone groups is 1. The predicted molar refractivity (Wildman–Crippen MR) is 68.7 cm³/mol. The first kappa shape index (κ1) is 14.0. The average molecular weight is 285 g/mol. The number of nitro benzene ring substituents is 1. The van der Waals surface area contributed by atoms with Crippen molar-refractivity contribution in [2.75, 3.05) is 19.0 Å². The van der Waals surface area contributed by atoms with Gasteiger partial charge in [0, 0.05) is 12.7 Å². The maximum absolute atomic E-state index is 12.3. The van der Waals surface area contributed by atoms with E-state index in [2.05, 4.69) is 0 Å². The van der Waals surface area contributed by atoms with E-state index in [4.69, 9.17) is 4.74 Å². The van der Waals surface area contributed by atoms with Gasteiger partial charge in [0.25, 0.3) is 5.69 Å². The van der Waals surface area contributed by atoms with Gasteiger partial charge in [-0.15, -0.1) is 0 Å². The Morgan fingerprint density at radius 2 is 2.11 bits per heavy atom. The van der Waals surface area contributed by atoms with Crippen molar-refractivity contribution in [2.24, 2.45) is 5.92 Å². The Hall–Kier alpha value is -1.47. The van der Waals surface area contributed by atoms with E-state index in [1.807, 2.05) is 0 Å². The Bertz CT molecular complexity index is 563. The summed E-state index contributed by atoms with van der Waals surface area (Å²) in [6.07, 6.45) is 1.61. The number of nitro groups is 1. The fraction of sp³-hybridized carbons (Fsp3) is 0.500. The van der Waals surface area contributed by atoms with Gasteiger partial charge >= 0.3 is 0 Å². The van der Waals surface area contributed by atoms with Gasteiger partial charge in [0.2, 0.25) is 0 Å². The lowest BCUT2D eigenvalue weighted by Crippen LogP contribution is -2.25. The molecule has 1 saturated heterocycles. The fourth-order valence-corrected chi connectivity index (χ4v) is 4.02. The highest BCUT2D eigenvalue weighted by Crippen LogP contribution is 2.27. The van der Waals surface area contributed by atoms with E-state index in [0.29, 0.717) is 13.2 Å². The molecule has 0 spiro atoms. The van der Waals surface area contributed by atoms with Crippen LogP contribution >= 0.6 is 0 Å². The Labute approximate surface area is 111 Å². The molecule has 1 fully saturated rings. The van der Waals surface area contributed by atoms with Crippen LogP contribution < -0.4 is 0 Å². The van der Waals surface area contributed by atoms with Crippen LogP contribution in [0.1, 0.15) is 12.8 Å². The predicted octanol–water partition coefficient (Wildman–Crippen LogP) is 1.80. The summed E-state index contributed by atoms with van der Waals surface area (Å²) in [5, 5.41) is 10.9. The number of hydrogen-bond donors (Lipinski definition) is 0. The highest BCUT2D eigenvalue weighted by molar-refractivity contribution is 7.91. The lowest BCUT2D eigenvalue weighted by atomic mass is 10.1. The third-order valence-electron chi connectivity index (χ3n) is 3.11. The van der Waals surface area contributed by atoms with E-state index < -0.39 is 14.8 Å². The van der Waals surface area contributed by atoms with Crippen molar-refractivity contribution in [3.63, 3.8) is 0 Å². The van der Waals surface area contributed by atoms with Crippen molar-refractivity contribution < 1.29 is 18.1 Å². The van der Waals surface area contributed by atoms with Gasteiger partial charge in [0.1, 0.15) is 4.90 Å². The van der Waals surface area contributed by atoms with Crippen molar-refractivity contribution in [2.45, 2.75) is 17.7 Å². The largest absolute Gasteiger partial charge is 0.381 e. The van der Waals surface area contributed by atoms with Crippen LogP contribution in [0, 0.1) is 16.0 Å². The first-order valence-electron chi connectivity index (χ1n) is 6.04. The summed E-state index contributed by atoms with van der Waals surface area (Å²) in [5.74, 6) is -0.184. The molecule has 0 amide bonds. The van der Waals surface area contributed by atoms with Crippen molar-refractivity contribution in [3.8, 4) is 0 Å². The zero-order valence-corrected chi connectivity index (χ0v) is 11.1. The first-order chi connectivity index (χ1) is 9.00. The van der Waals surface area contributed by atoms with Crippen LogP contribution in [-0.4, -0.2) is 32.3 Å². The zero-order chi connectivity index (χ0) is 13.9. The second-order valence-corrected chi connectivity index (χ2v) is 6.59. The summed E-state index contributed by atoms with van der Waals surface area (Å²) in [7, 11) is -3.66. The van der Waals surface area contributed by atoms with Crippen LogP contribution in [0.4, 0.5) is 5.69 Å². The third kappa shape index (κ3) is 3.30. The van der Waals surface area contributed by atoms with Crippen molar-refractivity contribution in [3.05, 3.63) is 34.4 Å². The molecule has 1 aliphatic heterocycles. The summed E-state index contributed by atoms with van der Waals surface area (Å²) < 4.78 is 29.8. The van der Waals surface area contributed by atoms with Crippen LogP contribution in [0.5, 0.6) is 0 Å². The van der Waals surface area contributed by atoms with Crippen molar-refractivity contribution in [1.82, 2.24) is 0 Å². The van der Waals surface area contributed by atoms with E-state index in [1.54, 1.807) is 0 Å². The average Bonchev–Trinajstić information content (AvgIpc) is 2.39. The maximum Gasteiger partial charge on any atom is 0.287 e. The first-order valence-corrected chi connectivity index (χ1v) is 7.70. The summed E-state index contributed by atoms with van der Waals surface area (Å²) >= 11 is 0. The van der Waals surface area contributed by atoms with Crippen LogP contribution in [-0.2, 0) is 14.6 Å². The molecule has 0 saturated carbocycles. The smallest absolute Gasteiger partial charge is 0.287 e. The molecule has 19 heavy (non-hydrogen) atoms. The lowest BCUT2D eigenvalue weighted by Gasteiger charge is -2.21. The topological polar surface area (TPSA) is 86.5 Å². The molecule has 0 N–H and O–H groups in total. The second-order valence-electron chi connectivity index (χ2n) is 4.59. The minimum atomic E-state index is -3.66. The number of ether oxygens (including phenoxy) is 1. The normalized spacial score (nSPS) is 20.1. The third-order valence-corrected chi connectivity index (χ3v) is 5.03. The van der Waals surface area contributed by atoms with Gasteiger partial charge in [-0.25, -0.2) is 8.42 Å². The molecule has 104 valence electrons.